The van der Waals surface area contributed by atoms with Crippen LogP contribution in [0, 0.1) is 0 Å². The van der Waals surface area contributed by atoms with Gasteiger partial charge < -0.3 is 5.32 Å². The summed E-state index contributed by atoms with van der Waals surface area (Å²) < 4.78 is 0. The van der Waals surface area contributed by atoms with Crippen LogP contribution in [0.5, 0.6) is 0 Å². The summed E-state index contributed by atoms with van der Waals surface area (Å²) in [6.45, 7) is 0.850. The van der Waals surface area contributed by atoms with Gasteiger partial charge in [-0.25, -0.2) is 0 Å². The molecule has 0 radical (unpaired) electrons. The number of benzene rings is 1. The molecule has 2 aliphatic heterocycles. The lowest BCUT2D eigenvalue weighted by Crippen LogP contribution is -2.47. The summed E-state index contributed by atoms with van der Waals surface area (Å²) in [7, 11) is 0. The normalized spacial score (nSPS) is 30.3. The lowest BCUT2D eigenvalue weighted by atomic mass is 9.75. The van der Waals surface area contributed by atoms with Crippen molar-refractivity contribution < 1.29 is 4.79 Å². The van der Waals surface area contributed by atoms with E-state index in [4.69, 9.17) is 0 Å². The molecule has 1 N–H and O–H groups in total. The van der Waals surface area contributed by atoms with Crippen molar-refractivity contribution in [2.24, 2.45) is 0 Å². The van der Waals surface area contributed by atoms with Crippen LogP contribution in [0.15, 0.2) is 24.3 Å². The molecule has 1 aromatic rings. The maximum atomic E-state index is 11.6. The maximum absolute atomic E-state index is 11.6. The summed E-state index contributed by atoms with van der Waals surface area (Å²) in [5.74, 6) is 0.571. The first kappa shape index (κ1) is 7.27. The molecule has 1 aliphatic carbocycles. The first-order chi connectivity index (χ1) is 6.36. The van der Waals surface area contributed by atoms with Crippen molar-refractivity contribution in [3.05, 3.63) is 35.4 Å². The predicted octanol–water partition coefficient (Wildman–Crippen LogP) is 1.21. The number of nitrogens with one attached hydrogen (secondary N) is 1. The fourth-order valence-corrected chi connectivity index (χ4v) is 2.28. The Morgan fingerprint density at radius 2 is 2.15 bits per heavy atom. The van der Waals surface area contributed by atoms with Gasteiger partial charge in [0.05, 0.1) is 6.04 Å². The monoisotopic (exact) mass is 173 g/mol. The minimum Gasteiger partial charge on any atom is -0.303 e. The second kappa shape index (κ2) is 2.42. The van der Waals surface area contributed by atoms with Gasteiger partial charge in [-0.3, -0.25) is 4.79 Å². The van der Waals surface area contributed by atoms with Crippen LogP contribution < -0.4 is 5.32 Å². The van der Waals surface area contributed by atoms with Gasteiger partial charge in [-0.15, -0.1) is 0 Å². The van der Waals surface area contributed by atoms with Crippen molar-refractivity contribution in [1.82, 2.24) is 5.32 Å². The Morgan fingerprint density at radius 3 is 3.00 bits per heavy atom. The van der Waals surface area contributed by atoms with Crippen molar-refractivity contribution in [2.45, 2.75) is 24.9 Å². The molecule has 1 fully saturated rings. The number of hydrogen-bond acceptors (Lipinski definition) is 2. The summed E-state index contributed by atoms with van der Waals surface area (Å²) in [6.07, 6.45) is 0.996. The van der Waals surface area contributed by atoms with Crippen LogP contribution in [0.1, 0.15) is 23.5 Å². The predicted molar refractivity (Wildman–Crippen MR) is 49.4 cm³/mol. The molecular weight excluding hydrogens is 162 g/mol. The van der Waals surface area contributed by atoms with Crippen molar-refractivity contribution in [3.63, 3.8) is 0 Å². The number of ketones is 1. The van der Waals surface area contributed by atoms with Crippen LogP contribution in [0.2, 0.25) is 0 Å². The van der Waals surface area contributed by atoms with Crippen LogP contribution in [-0.2, 0) is 11.3 Å². The van der Waals surface area contributed by atoms with E-state index in [9.17, 15) is 4.79 Å². The molecular formula is C11H11NO. The third kappa shape index (κ3) is 0.893. The first-order valence-corrected chi connectivity index (χ1v) is 4.71. The molecule has 2 unspecified atom stereocenters. The fraction of sp³-hybridized carbons (Fsp3) is 0.364. The topological polar surface area (TPSA) is 29.1 Å². The quantitative estimate of drug-likeness (QED) is 0.639. The van der Waals surface area contributed by atoms with Gasteiger partial charge in [-0.05, 0) is 17.5 Å². The summed E-state index contributed by atoms with van der Waals surface area (Å²) in [6, 6.07) is 8.38. The Hall–Kier alpha value is -1.15. The number of fused-ring (bicyclic) bond motifs is 1. The molecule has 2 atom stereocenters. The van der Waals surface area contributed by atoms with Crippen molar-refractivity contribution in [1.29, 1.82) is 0 Å². The molecule has 0 spiro atoms. The Morgan fingerprint density at radius 1 is 1.31 bits per heavy atom. The van der Waals surface area contributed by atoms with Gasteiger partial charge in [0, 0.05) is 12.5 Å². The molecule has 3 aliphatic rings. The summed E-state index contributed by atoms with van der Waals surface area (Å²) in [5.41, 5.74) is 2.54. The maximum Gasteiger partial charge on any atom is 0.157 e. The average Bonchev–Trinajstić information content (AvgIpc) is 2.43. The van der Waals surface area contributed by atoms with Gasteiger partial charge in [-0.1, -0.05) is 24.3 Å². The largest absolute Gasteiger partial charge is 0.303 e. The molecule has 1 aromatic carbocycles. The third-order valence-corrected chi connectivity index (χ3v) is 3.13. The van der Waals surface area contributed by atoms with Crippen molar-refractivity contribution in [2.75, 3.05) is 0 Å². The van der Waals surface area contributed by atoms with Gasteiger partial charge in [0.2, 0.25) is 0 Å². The molecule has 2 bridgehead atoms. The van der Waals surface area contributed by atoms with E-state index in [0.717, 1.165) is 13.0 Å². The fourth-order valence-electron chi connectivity index (χ4n) is 2.28. The van der Waals surface area contributed by atoms with Crippen LogP contribution in [-0.4, -0.2) is 11.8 Å². The van der Waals surface area contributed by atoms with Crippen molar-refractivity contribution in [3.8, 4) is 0 Å². The van der Waals surface area contributed by atoms with Crippen LogP contribution in [0.3, 0.4) is 0 Å². The SMILES string of the molecule is O=C1C2CC1c1ccccc1CN2. The zero-order chi connectivity index (χ0) is 8.84. The number of Topliss-reactive ketones (excluding diaryl/α,β-unsaturated/α-hetero) is 1. The Bertz CT molecular complexity index is 370. The van der Waals surface area contributed by atoms with Gasteiger partial charge in [0.15, 0.2) is 5.78 Å². The van der Waals surface area contributed by atoms with E-state index in [0.29, 0.717) is 5.78 Å². The highest BCUT2D eigenvalue weighted by atomic mass is 16.1. The van der Waals surface area contributed by atoms with E-state index in [1.165, 1.54) is 11.1 Å². The Labute approximate surface area is 77.0 Å². The molecule has 13 heavy (non-hydrogen) atoms. The molecule has 0 amide bonds. The van der Waals surface area contributed by atoms with Gasteiger partial charge in [0.25, 0.3) is 0 Å². The lowest BCUT2D eigenvalue weighted by Gasteiger charge is -2.31. The van der Waals surface area contributed by atoms with Crippen LogP contribution >= 0.6 is 0 Å². The van der Waals surface area contributed by atoms with E-state index < -0.39 is 0 Å². The number of carbonyl (C=O) groups is 1. The average molecular weight is 173 g/mol. The highest BCUT2D eigenvalue weighted by molar-refractivity contribution is 5.97. The molecule has 1 saturated carbocycles. The van der Waals surface area contributed by atoms with Crippen LogP contribution in [0.4, 0.5) is 0 Å². The summed E-state index contributed by atoms with van der Waals surface area (Å²) in [4.78, 5) is 11.6. The molecule has 2 heterocycles. The highest BCUT2D eigenvalue weighted by Crippen LogP contribution is 2.37. The Kier molecular flexibility index (Phi) is 1.35. The molecule has 0 saturated heterocycles. The summed E-state index contributed by atoms with van der Waals surface area (Å²) >= 11 is 0. The first-order valence-electron chi connectivity index (χ1n) is 4.71. The minimum absolute atomic E-state index is 0.136. The summed E-state index contributed by atoms with van der Waals surface area (Å²) in [5, 5.41) is 3.27. The van der Waals surface area contributed by atoms with E-state index in [2.05, 4.69) is 17.4 Å². The van der Waals surface area contributed by atoms with E-state index in [1.54, 1.807) is 0 Å². The zero-order valence-electron chi connectivity index (χ0n) is 7.29. The van der Waals surface area contributed by atoms with Gasteiger partial charge in [0.1, 0.15) is 0 Å². The molecule has 2 nitrogen and oxygen atoms in total. The second-order valence-electron chi connectivity index (χ2n) is 3.82. The number of hydrogen-bond donors (Lipinski definition) is 1. The van der Waals surface area contributed by atoms with E-state index >= 15 is 0 Å². The minimum atomic E-state index is 0.136. The van der Waals surface area contributed by atoms with Gasteiger partial charge >= 0.3 is 0 Å². The molecule has 66 valence electrons. The Balaban J connectivity index is 2.13. The second-order valence-corrected chi connectivity index (χ2v) is 3.82. The van der Waals surface area contributed by atoms with E-state index in [1.807, 2.05) is 12.1 Å². The number of rotatable bonds is 0. The number of carbonyl (C=O) groups excluding carboxylic acids is 1. The van der Waals surface area contributed by atoms with Gasteiger partial charge in [-0.2, -0.15) is 0 Å². The molecule has 0 aromatic heterocycles. The van der Waals surface area contributed by atoms with Crippen molar-refractivity contribution >= 4 is 5.78 Å². The smallest absolute Gasteiger partial charge is 0.157 e. The molecule has 4 rings (SSSR count). The molecule has 2 heteroatoms. The van der Waals surface area contributed by atoms with Crippen LogP contribution in [0.25, 0.3) is 0 Å². The standard InChI is InChI=1S/C11H11NO/c13-11-9-5-10(11)12-6-7-3-1-2-4-8(7)9/h1-4,9-10,12H,5-6H2. The highest BCUT2D eigenvalue weighted by Gasteiger charge is 2.42. The lowest BCUT2D eigenvalue weighted by molar-refractivity contribution is -0.128. The zero-order valence-corrected chi connectivity index (χ0v) is 7.29. The third-order valence-electron chi connectivity index (χ3n) is 3.13. The van der Waals surface area contributed by atoms with E-state index in [-0.39, 0.29) is 12.0 Å².